The predicted octanol–water partition coefficient (Wildman–Crippen LogP) is 3.24. The summed E-state index contributed by atoms with van der Waals surface area (Å²) in [5.41, 5.74) is 3.01. The summed E-state index contributed by atoms with van der Waals surface area (Å²) in [6, 6.07) is 7.74. The molecule has 0 saturated carbocycles. The molecular weight excluding hydrogens is 246 g/mol. The standard InChI is InChI=1S/C14H13NO2S/c1-9-5-7-18-13(9)14(16)15-11-2-3-12-10(8-11)4-6-17-12/h2-3,5,7-8H,4,6H2,1H3,(H,15,16). The third kappa shape index (κ3) is 1.99. The number of carbonyl (C=O) groups excluding carboxylic acids is 1. The van der Waals surface area contributed by atoms with Crippen LogP contribution in [0.4, 0.5) is 5.69 Å². The number of anilines is 1. The van der Waals surface area contributed by atoms with Crippen LogP contribution in [-0.2, 0) is 6.42 Å². The molecule has 1 aliphatic rings. The van der Waals surface area contributed by atoms with E-state index in [9.17, 15) is 4.79 Å². The van der Waals surface area contributed by atoms with Crippen molar-refractivity contribution in [2.45, 2.75) is 13.3 Å². The van der Waals surface area contributed by atoms with Gasteiger partial charge in [0, 0.05) is 12.1 Å². The van der Waals surface area contributed by atoms with Gasteiger partial charge in [-0.25, -0.2) is 0 Å². The van der Waals surface area contributed by atoms with Gasteiger partial charge in [-0.1, -0.05) is 0 Å². The summed E-state index contributed by atoms with van der Waals surface area (Å²) >= 11 is 1.47. The van der Waals surface area contributed by atoms with Crippen molar-refractivity contribution in [3.63, 3.8) is 0 Å². The third-order valence-electron chi connectivity index (χ3n) is 3.02. The van der Waals surface area contributed by atoms with Crippen LogP contribution in [0.3, 0.4) is 0 Å². The van der Waals surface area contributed by atoms with Crippen molar-refractivity contribution in [3.05, 3.63) is 45.6 Å². The highest BCUT2D eigenvalue weighted by atomic mass is 32.1. The van der Waals surface area contributed by atoms with Crippen LogP contribution in [0.1, 0.15) is 20.8 Å². The summed E-state index contributed by atoms with van der Waals surface area (Å²) in [4.78, 5) is 12.8. The lowest BCUT2D eigenvalue weighted by Gasteiger charge is -2.06. The van der Waals surface area contributed by atoms with E-state index in [0.29, 0.717) is 0 Å². The summed E-state index contributed by atoms with van der Waals surface area (Å²) in [5.74, 6) is 0.890. The molecule has 0 atom stereocenters. The molecule has 1 aromatic heterocycles. The number of amides is 1. The van der Waals surface area contributed by atoms with E-state index in [1.807, 2.05) is 36.6 Å². The molecule has 3 rings (SSSR count). The highest BCUT2D eigenvalue weighted by Crippen LogP contribution is 2.28. The smallest absolute Gasteiger partial charge is 0.265 e. The first-order chi connectivity index (χ1) is 8.74. The largest absolute Gasteiger partial charge is 0.493 e. The second-order valence-electron chi connectivity index (χ2n) is 4.31. The molecule has 92 valence electrons. The molecule has 3 nitrogen and oxygen atoms in total. The van der Waals surface area contributed by atoms with E-state index < -0.39 is 0 Å². The number of hydrogen-bond acceptors (Lipinski definition) is 3. The molecule has 0 bridgehead atoms. The molecule has 18 heavy (non-hydrogen) atoms. The van der Waals surface area contributed by atoms with Gasteiger partial charge in [-0.3, -0.25) is 4.79 Å². The Morgan fingerprint density at radius 3 is 3.06 bits per heavy atom. The van der Waals surface area contributed by atoms with Crippen LogP contribution in [0.5, 0.6) is 5.75 Å². The summed E-state index contributed by atoms with van der Waals surface area (Å²) in [7, 11) is 0. The molecule has 0 saturated heterocycles. The first-order valence-electron chi connectivity index (χ1n) is 5.85. The van der Waals surface area contributed by atoms with E-state index in [0.717, 1.165) is 40.5 Å². The molecular formula is C14H13NO2S. The SMILES string of the molecule is Cc1ccsc1C(=O)Nc1ccc2c(c1)CCO2. The van der Waals surface area contributed by atoms with E-state index in [4.69, 9.17) is 4.74 Å². The minimum Gasteiger partial charge on any atom is -0.493 e. The monoisotopic (exact) mass is 259 g/mol. The van der Waals surface area contributed by atoms with Gasteiger partial charge in [0.2, 0.25) is 0 Å². The maximum absolute atomic E-state index is 12.1. The average Bonchev–Trinajstić information content (AvgIpc) is 2.96. The third-order valence-corrected chi connectivity index (χ3v) is 4.03. The Labute approximate surface area is 109 Å². The number of thiophene rings is 1. The van der Waals surface area contributed by atoms with Crippen molar-refractivity contribution < 1.29 is 9.53 Å². The van der Waals surface area contributed by atoms with Crippen LogP contribution in [0.15, 0.2) is 29.6 Å². The fraction of sp³-hybridized carbons (Fsp3) is 0.214. The van der Waals surface area contributed by atoms with Gasteiger partial charge >= 0.3 is 0 Å². The molecule has 0 aliphatic carbocycles. The molecule has 1 aliphatic heterocycles. The maximum Gasteiger partial charge on any atom is 0.265 e. The summed E-state index contributed by atoms with van der Waals surface area (Å²) in [5, 5.41) is 4.86. The Morgan fingerprint density at radius 2 is 2.28 bits per heavy atom. The van der Waals surface area contributed by atoms with Gasteiger partial charge in [0.15, 0.2) is 0 Å². The van der Waals surface area contributed by atoms with Crippen molar-refractivity contribution >= 4 is 22.9 Å². The molecule has 2 heterocycles. The predicted molar refractivity (Wildman–Crippen MR) is 72.7 cm³/mol. The Bertz CT molecular complexity index is 604. The number of hydrogen-bond donors (Lipinski definition) is 1. The van der Waals surface area contributed by atoms with Gasteiger partial charge in [0.1, 0.15) is 5.75 Å². The van der Waals surface area contributed by atoms with Crippen molar-refractivity contribution in [2.75, 3.05) is 11.9 Å². The van der Waals surface area contributed by atoms with Gasteiger partial charge in [0.25, 0.3) is 5.91 Å². The van der Waals surface area contributed by atoms with Gasteiger partial charge in [-0.05, 0) is 47.7 Å². The lowest BCUT2D eigenvalue weighted by atomic mass is 10.1. The van der Waals surface area contributed by atoms with E-state index in [1.54, 1.807) is 0 Å². The Morgan fingerprint density at radius 1 is 1.39 bits per heavy atom. The summed E-state index contributed by atoms with van der Waals surface area (Å²) < 4.78 is 5.44. The number of nitrogens with one attached hydrogen (secondary N) is 1. The Balaban J connectivity index is 1.81. The second kappa shape index (κ2) is 4.46. The zero-order valence-electron chi connectivity index (χ0n) is 10.0. The minimum atomic E-state index is -0.0404. The zero-order valence-corrected chi connectivity index (χ0v) is 10.8. The lowest BCUT2D eigenvalue weighted by molar-refractivity contribution is 0.103. The van der Waals surface area contributed by atoms with Gasteiger partial charge in [-0.15, -0.1) is 11.3 Å². The number of benzene rings is 1. The van der Waals surface area contributed by atoms with Crippen LogP contribution in [0.2, 0.25) is 0 Å². The van der Waals surface area contributed by atoms with Crippen molar-refractivity contribution in [1.82, 2.24) is 0 Å². The molecule has 1 amide bonds. The second-order valence-corrected chi connectivity index (χ2v) is 5.22. The minimum absolute atomic E-state index is 0.0404. The van der Waals surface area contributed by atoms with E-state index in [-0.39, 0.29) is 5.91 Å². The van der Waals surface area contributed by atoms with Crippen LogP contribution in [0, 0.1) is 6.92 Å². The molecule has 0 fully saturated rings. The van der Waals surface area contributed by atoms with Gasteiger partial charge < -0.3 is 10.1 Å². The van der Waals surface area contributed by atoms with Crippen LogP contribution < -0.4 is 10.1 Å². The Hall–Kier alpha value is -1.81. The highest BCUT2D eigenvalue weighted by Gasteiger charge is 2.14. The van der Waals surface area contributed by atoms with Crippen molar-refractivity contribution in [3.8, 4) is 5.75 Å². The van der Waals surface area contributed by atoms with E-state index >= 15 is 0 Å². The number of fused-ring (bicyclic) bond motifs is 1. The lowest BCUT2D eigenvalue weighted by Crippen LogP contribution is -2.11. The molecule has 0 spiro atoms. The Kier molecular flexibility index (Phi) is 2.80. The normalized spacial score (nSPS) is 12.9. The van der Waals surface area contributed by atoms with Crippen molar-refractivity contribution in [2.24, 2.45) is 0 Å². The molecule has 4 heteroatoms. The fourth-order valence-corrected chi connectivity index (χ4v) is 2.88. The summed E-state index contributed by atoms with van der Waals surface area (Å²) in [6.07, 6.45) is 0.914. The van der Waals surface area contributed by atoms with Crippen LogP contribution >= 0.6 is 11.3 Å². The van der Waals surface area contributed by atoms with Gasteiger partial charge in [0.05, 0.1) is 11.5 Å². The van der Waals surface area contributed by atoms with Crippen LogP contribution in [-0.4, -0.2) is 12.5 Å². The molecule has 0 radical (unpaired) electrons. The van der Waals surface area contributed by atoms with E-state index in [2.05, 4.69) is 5.32 Å². The quantitative estimate of drug-likeness (QED) is 0.899. The highest BCUT2D eigenvalue weighted by molar-refractivity contribution is 7.12. The van der Waals surface area contributed by atoms with E-state index in [1.165, 1.54) is 11.3 Å². The number of ether oxygens (including phenoxy) is 1. The molecule has 1 aromatic carbocycles. The maximum atomic E-state index is 12.1. The first-order valence-corrected chi connectivity index (χ1v) is 6.73. The van der Waals surface area contributed by atoms with Gasteiger partial charge in [-0.2, -0.15) is 0 Å². The zero-order chi connectivity index (χ0) is 12.5. The summed E-state index contributed by atoms with van der Waals surface area (Å²) in [6.45, 7) is 2.68. The van der Waals surface area contributed by atoms with Crippen LogP contribution in [0.25, 0.3) is 0 Å². The topological polar surface area (TPSA) is 38.3 Å². The molecule has 0 unspecified atom stereocenters. The number of aryl methyl sites for hydroxylation is 1. The molecule has 1 N–H and O–H groups in total. The number of rotatable bonds is 2. The number of carbonyl (C=O) groups is 1. The molecule has 2 aromatic rings. The fourth-order valence-electron chi connectivity index (χ4n) is 2.06. The first kappa shape index (κ1) is 11.3. The van der Waals surface area contributed by atoms with Crippen molar-refractivity contribution in [1.29, 1.82) is 0 Å². The average molecular weight is 259 g/mol.